The smallest absolute Gasteiger partial charge is 0.119 e. The fourth-order valence-electron chi connectivity index (χ4n) is 4.50. The molecule has 0 saturated carbocycles. The number of hydrogen-bond donors (Lipinski definition) is 1. The summed E-state index contributed by atoms with van der Waals surface area (Å²) in [7, 11) is 0. The number of piperidine rings is 1. The molecule has 0 bridgehead atoms. The molecule has 156 valence electrons. The number of aliphatic hydroxyl groups excluding tert-OH is 1. The summed E-state index contributed by atoms with van der Waals surface area (Å²) >= 11 is 0. The first-order valence-electron chi connectivity index (χ1n) is 11.1. The van der Waals surface area contributed by atoms with Crippen LogP contribution in [0.4, 0.5) is 5.69 Å². The number of β-amino-alcohol motifs (C(OH)–C–C–N with tert-alkyl or cyclic N) is 1. The van der Waals surface area contributed by atoms with Gasteiger partial charge in [0.1, 0.15) is 18.5 Å². The summed E-state index contributed by atoms with van der Waals surface area (Å²) in [5, 5.41) is 10.4. The second kappa shape index (κ2) is 9.64. The number of likely N-dealkylation sites (tertiary alicyclic amines) is 1. The topological polar surface area (TPSA) is 35.9 Å². The molecule has 1 N–H and O–H groups in total. The van der Waals surface area contributed by atoms with Crippen molar-refractivity contribution in [3.63, 3.8) is 0 Å². The van der Waals surface area contributed by atoms with Crippen LogP contribution in [0.15, 0.2) is 48.5 Å². The van der Waals surface area contributed by atoms with E-state index in [0.717, 1.165) is 44.3 Å². The van der Waals surface area contributed by atoms with Gasteiger partial charge in [-0.25, -0.2) is 0 Å². The van der Waals surface area contributed by atoms with E-state index in [9.17, 15) is 5.11 Å². The van der Waals surface area contributed by atoms with E-state index < -0.39 is 6.10 Å². The largest absolute Gasteiger partial charge is 0.491 e. The molecule has 0 aliphatic carbocycles. The van der Waals surface area contributed by atoms with Crippen molar-refractivity contribution in [3.8, 4) is 5.75 Å². The van der Waals surface area contributed by atoms with Gasteiger partial charge >= 0.3 is 0 Å². The Morgan fingerprint density at radius 1 is 1.07 bits per heavy atom. The third-order valence-corrected chi connectivity index (χ3v) is 6.27. The Hall–Kier alpha value is -2.04. The Kier molecular flexibility index (Phi) is 6.73. The van der Waals surface area contributed by atoms with Gasteiger partial charge in [-0.1, -0.05) is 37.3 Å². The van der Waals surface area contributed by atoms with Gasteiger partial charge < -0.3 is 19.6 Å². The third-order valence-electron chi connectivity index (χ3n) is 6.27. The lowest BCUT2D eigenvalue weighted by Gasteiger charge is -2.32. The standard InChI is InChI=1S/C25H34N2O2/c1-20-11-14-26(15-12-20)18-23(28)19-29-24-9-10-25-22(16-24)8-5-13-27(25)17-21-6-3-2-4-7-21/h2-4,6-7,9-10,16,20,23,28H,5,8,11-15,17-19H2,1H3. The molecular weight excluding hydrogens is 360 g/mol. The summed E-state index contributed by atoms with van der Waals surface area (Å²) in [6.45, 7) is 7.61. The van der Waals surface area contributed by atoms with Crippen molar-refractivity contribution in [2.24, 2.45) is 5.92 Å². The Bertz CT molecular complexity index is 772. The summed E-state index contributed by atoms with van der Waals surface area (Å²) in [5.41, 5.74) is 4.01. The van der Waals surface area contributed by atoms with Crippen LogP contribution in [0.2, 0.25) is 0 Å². The highest BCUT2D eigenvalue weighted by Crippen LogP contribution is 2.31. The molecule has 1 atom stereocenters. The van der Waals surface area contributed by atoms with Gasteiger partial charge in [-0.3, -0.25) is 0 Å². The summed E-state index contributed by atoms with van der Waals surface area (Å²) in [6.07, 6.45) is 4.29. The molecule has 0 aromatic heterocycles. The number of aryl methyl sites for hydroxylation is 1. The van der Waals surface area contributed by atoms with Crippen molar-refractivity contribution in [2.75, 3.05) is 37.7 Å². The lowest BCUT2D eigenvalue weighted by atomic mass is 9.99. The van der Waals surface area contributed by atoms with E-state index in [-0.39, 0.29) is 0 Å². The molecule has 0 radical (unpaired) electrons. The first kappa shape index (κ1) is 20.2. The lowest BCUT2D eigenvalue weighted by molar-refractivity contribution is 0.0563. The van der Waals surface area contributed by atoms with Crippen molar-refractivity contribution < 1.29 is 9.84 Å². The SMILES string of the molecule is CC1CCN(CC(O)COc2ccc3c(c2)CCCN3Cc2ccccc2)CC1. The van der Waals surface area contributed by atoms with Crippen LogP contribution in [-0.4, -0.2) is 48.9 Å². The van der Waals surface area contributed by atoms with Crippen LogP contribution in [-0.2, 0) is 13.0 Å². The van der Waals surface area contributed by atoms with Crippen LogP contribution in [0.25, 0.3) is 0 Å². The number of aliphatic hydroxyl groups is 1. The average molecular weight is 395 g/mol. The fourth-order valence-corrected chi connectivity index (χ4v) is 4.50. The molecule has 2 aromatic carbocycles. The highest BCUT2D eigenvalue weighted by molar-refractivity contribution is 5.58. The highest BCUT2D eigenvalue weighted by Gasteiger charge is 2.20. The van der Waals surface area contributed by atoms with Gasteiger partial charge in [-0.2, -0.15) is 0 Å². The second-order valence-corrected chi connectivity index (χ2v) is 8.75. The number of fused-ring (bicyclic) bond motifs is 1. The van der Waals surface area contributed by atoms with Gasteiger partial charge in [-0.15, -0.1) is 0 Å². The maximum atomic E-state index is 10.4. The fraction of sp³-hybridized carbons (Fsp3) is 0.520. The van der Waals surface area contributed by atoms with Crippen LogP contribution in [0.3, 0.4) is 0 Å². The summed E-state index contributed by atoms with van der Waals surface area (Å²) in [6, 6.07) is 17.1. The van der Waals surface area contributed by atoms with Gasteiger partial charge in [0.2, 0.25) is 0 Å². The van der Waals surface area contributed by atoms with Gasteiger partial charge in [0.25, 0.3) is 0 Å². The van der Waals surface area contributed by atoms with Crippen LogP contribution < -0.4 is 9.64 Å². The molecule has 29 heavy (non-hydrogen) atoms. The normalized spacial score (nSPS) is 19.0. The molecule has 1 saturated heterocycles. The molecule has 0 amide bonds. The van der Waals surface area contributed by atoms with E-state index >= 15 is 0 Å². The zero-order valence-corrected chi connectivity index (χ0v) is 17.6. The predicted octanol–water partition coefficient (Wildman–Crippen LogP) is 4.11. The molecule has 4 nitrogen and oxygen atoms in total. The van der Waals surface area contributed by atoms with Crippen molar-refractivity contribution in [1.82, 2.24) is 4.90 Å². The number of benzene rings is 2. The number of rotatable bonds is 7. The van der Waals surface area contributed by atoms with E-state index in [1.165, 1.54) is 36.1 Å². The minimum atomic E-state index is -0.436. The minimum absolute atomic E-state index is 0.360. The van der Waals surface area contributed by atoms with E-state index in [2.05, 4.69) is 65.3 Å². The summed E-state index contributed by atoms with van der Waals surface area (Å²) in [5.74, 6) is 1.69. The molecule has 4 rings (SSSR count). The van der Waals surface area contributed by atoms with Crippen LogP contribution in [0, 0.1) is 5.92 Å². The highest BCUT2D eigenvalue weighted by atomic mass is 16.5. The average Bonchev–Trinajstić information content (AvgIpc) is 2.75. The maximum absolute atomic E-state index is 10.4. The van der Waals surface area contributed by atoms with Crippen molar-refractivity contribution in [3.05, 3.63) is 59.7 Å². The van der Waals surface area contributed by atoms with Gasteiger partial charge in [0.05, 0.1) is 0 Å². The Balaban J connectivity index is 1.32. The molecule has 1 fully saturated rings. The molecule has 2 heterocycles. The maximum Gasteiger partial charge on any atom is 0.119 e. The predicted molar refractivity (Wildman–Crippen MR) is 119 cm³/mol. The number of anilines is 1. The molecule has 4 heteroatoms. The lowest BCUT2D eigenvalue weighted by Crippen LogP contribution is -2.40. The molecule has 0 spiro atoms. The van der Waals surface area contributed by atoms with Gasteiger partial charge in [0.15, 0.2) is 0 Å². The number of hydrogen-bond acceptors (Lipinski definition) is 4. The van der Waals surface area contributed by atoms with E-state index in [1.54, 1.807) is 0 Å². The Morgan fingerprint density at radius 2 is 1.86 bits per heavy atom. The van der Waals surface area contributed by atoms with E-state index in [4.69, 9.17) is 4.74 Å². The first-order chi connectivity index (χ1) is 14.2. The summed E-state index contributed by atoms with van der Waals surface area (Å²) < 4.78 is 5.95. The van der Waals surface area contributed by atoms with E-state index in [1.807, 2.05) is 0 Å². The zero-order chi connectivity index (χ0) is 20.1. The van der Waals surface area contributed by atoms with Crippen molar-refractivity contribution in [1.29, 1.82) is 0 Å². The minimum Gasteiger partial charge on any atom is -0.491 e. The molecule has 1 unspecified atom stereocenters. The third kappa shape index (κ3) is 5.52. The molecule has 2 aromatic rings. The first-order valence-corrected chi connectivity index (χ1v) is 11.1. The quantitative estimate of drug-likeness (QED) is 0.767. The van der Waals surface area contributed by atoms with Crippen molar-refractivity contribution in [2.45, 2.75) is 45.3 Å². The molecular formula is C25H34N2O2. The Labute approximate surface area is 175 Å². The van der Waals surface area contributed by atoms with Crippen LogP contribution >= 0.6 is 0 Å². The van der Waals surface area contributed by atoms with Crippen LogP contribution in [0.1, 0.15) is 37.3 Å². The van der Waals surface area contributed by atoms with Crippen LogP contribution in [0.5, 0.6) is 5.75 Å². The van der Waals surface area contributed by atoms with Gasteiger partial charge in [-0.05, 0) is 74.0 Å². The van der Waals surface area contributed by atoms with Crippen molar-refractivity contribution >= 4 is 5.69 Å². The zero-order valence-electron chi connectivity index (χ0n) is 17.6. The monoisotopic (exact) mass is 394 g/mol. The number of nitrogens with zero attached hydrogens (tertiary/aromatic N) is 2. The van der Waals surface area contributed by atoms with E-state index in [0.29, 0.717) is 13.2 Å². The number of ether oxygens (including phenoxy) is 1. The second-order valence-electron chi connectivity index (χ2n) is 8.75. The van der Waals surface area contributed by atoms with Gasteiger partial charge in [0, 0.05) is 25.3 Å². The Morgan fingerprint density at radius 3 is 2.66 bits per heavy atom. The molecule has 2 aliphatic rings. The molecule has 2 aliphatic heterocycles. The summed E-state index contributed by atoms with van der Waals surface area (Å²) in [4.78, 5) is 4.83.